The third kappa shape index (κ3) is 1.74. The summed E-state index contributed by atoms with van der Waals surface area (Å²) in [7, 11) is 0. The first-order chi connectivity index (χ1) is 5.65. The van der Waals surface area contributed by atoms with E-state index in [-0.39, 0.29) is 17.9 Å². The molecule has 1 aliphatic rings. The molecule has 0 saturated heterocycles. The maximum absolute atomic E-state index is 10.7. The van der Waals surface area contributed by atoms with E-state index in [9.17, 15) is 10.0 Å². The largest absolute Gasteiger partial charge is 0.285 e. The van der Waals surface area contributed by atoms with Crippen LogP contribution in [0.1, 0.15) is 13.3 Å². The Morgan fingerprint density at radius 2 is 2.42 bits per heavy atom. The molecule has 2 atom stereocenters. The maximum Gasteiger partial charge on any atom is 0.243 e. The Hall–Kier alpha value is -1.09. The van der Waals surface area contributed by atoms with Gasteiger partial charge in [0.1, 0.15) is 0 Å². The van der Waals surface area contributed by atoms with Crippen molar-refractivity contribution in [3.8, 4) is 0 Å². The van der Waals surface area contributed by atoms with Crippen LogP contribution in [0.15, 0.2) is 24.8 Å². The van der Waals surface area contributed by atoms with Crippen LogP contribution in [-0.2, 0) is 4.79 Å². The number of hydrogen-bond acceptors (Lipinski definition) is 2. The smallest absolute Gasteiger partial charge is 0.243 e. The van der Waals surface area contributed by atoms with E-state index in [0.29, 0.717) is 0 Å². The summed E-state index contributed by atoms with van der Waals surface area (Å²) in [6.07, 6.45) is 6.32. The van der Waals surface area contributed by atoms with Crippen molar-refractivity contribution in [1.29, 1.82) is 0 Å². The summed E-state index contributed by atoms with van der Waals surface area (Å²) < 4.78 is 0. The fourth-order valence-corrected chi connectivity index (χ4v) is 1.30. The summed E-state index contributed by atoms with van der Waals surface area (Å²) in [6.45, 7) is 4.99. The molecule has 0 saturated carbocycles. The first-order valence-corrected chi connectivity index (χ1v) is 3.94. The average molecular weight is 167 g/mol. The molecule has 66 valence electrons. The minimum atomic E-state index is -0.325. The zero-order chi connectivity index (χ0) is 9.14. The molecule has 0 aromatic rings. The average Bonchev–Trinajstić information content (AvgIpc) is 2.50. The van der Waals surface area contributed by atoms with Crippen LogP contribution in [0.5, 0.6) is 0 Å². The van der Waals surface area contributed by atoms with Gasteiger partial charge in [-0.1, -0.05) is 18.2 Å². The van der Waals surface area contributed by atoms with Gasteiger partial charge >= 0.3 is 0 Å². The van der Waals surface area contributed by atoms with Gasteiger partial charge in [0.15, 0.2) is 0 Å². The van der Waals surface area contributed by atoms with Gasteiger partial charge in [-0.3, -0.25) is 10.0 Å². The van der Waals surface area contributed by atoms with Crippen molar-refractivity contribution in [3.63, 3.8) is 0 Å². The molecule has 0 aliphatic heterocycles. The highest BCUT2D eigenvalue weighted by Crippen LogP contribution is 2.21. The lowest BCUT2D eigenvalue weighted by atomic mass is 10.1. The van der Waals surface area contributed by atoms with Gasteiger partial charge in [-0.05, 0) is 12.3 Å². The molecule has 0 radical (unpaired) electrons. The molecule has 12 heavy (non-hydrogen) atoms. The molecule has 1 N–H and O–H groups in total. The third-order valence-electron chi connectivity index (χ3n) is 2.03. The minimum absolute atomic E-state index is 0.175. The molecule has 0 fully saturated rings. The Morgan fingerprint density at radius 1 is 1.75 bits per heavy atom. The first kappa shape index (κ1) is 9.00. The lowest BCUT2D eigenvalue weighted by Crippen LogP contribution is -2.33. The van der Waals surface area contributed by atoms with Crippen LogP contribution in [0.2, 0.25) is 0 Å². The predicted molar refractivity (Wildman–Crippen MR) is 45.5 cm³/mol. The van der Waals surface area contributed by atoms with E-state index in [1.54, 1.807) is 0 Å². The molecule has 0 aromatic heterocycles. The summed E-state index contributed by atoms with van der Waals surface area (Å²) in [6, 6.07) is -0.175. The van der Waals surface area contributed by atoms with Crippen LogP contribution in [0.25, 0.3) is 0 Å². The van der Waals surface area contributed by atoms with Crippen molar-refractivity contribution in [2.75, 3.05) is 0 Å². The van der Waals surface area contributed by atoms with Crippen molar-refractivity contribution < 1.29 is 10.0 Å². The Labute approximate surface area is 71.9 Å². The van der Waals surface area contributed by atoms with Gasteiger partial charge in [0, 0.05) is 6.92 Å². The summed E-state index contributed by atoms with van der Waals surface area (Å²) in [5.74, 6) is -0.0432. The lowest BCUT2D eigenvalue weighted by Gasteiger charge is -2.19. The molecular weight excluding hydrogens is 154 g/mol. The zero-order valence-electron chi connectivity index (χ0n) is 7.10. The highest BCUT2D eigenvalue weighted by Gasteiger charge is 2.23. The molecule has 0 bridgehead atoms. The molecule has 3 nitrogen and oxygen atoms in total. The Kier molecular flexibility index (Phi) is 2.65. The first-order valence-electron chi connectivity index (χ1n) is 3.94. The quantitative estimate of drug-likeness (QED) is 0.383. The highest BCUT2D eigenvalue weighted by molar-refractivity contribution is 5.72. The van der Waals surface area contributed by atoms with Gasteiger partial charge in [-0.25, -0.2) is 5.06 Å². The number of carbonyl (C=O) groups is 1. The van der Waals surface area contributed by atoms with Gasteiger partial charge in [0.05, 0.1) is 6.04 Å². The molecule has 3 heteroatoms. The molecule has 1 rings (SSSR count). The van der Waals surface area contributed by atoms with Crippen LogP contribution in [0.3, 0.4) is 0 Å². The van der Waals surface area contributed by atoms with Crippen molar-refractivity contribution in [2.45, 2.75) is 19.4 Å². The second kappa shape index (κ2) is 3.54. The van der Waals surface area contributed by atoms with E-state index in [2.05, 4.69) is 6.58 Å². The van der Waals surface area contributed by atoms with Gasteiger partial charge in [-0.15, -0.1) is 6.58 Å². The minimum Gasteiger partial charge on any atom is -0.285 e. The van der Waals surface area contributed by atoms with Crippen molar-refractivity contribution in [1.82, 2.24) is 5.06 Å². The normalized spacial score (nSPS) is 27.2. The second-order valence-electron chi connectivity index (χ2n) is 2.95. The van der Waals surface area contributed by atoms with E-state index in [0.717, 1.165) is 11.5 Å². The SMILES string of the molecule is C=C[C@@H]1C=C[C@H](N(O)C(C)=O)C1. The third-order valence-corrected chi connectivity index (χ3v) is 2.03. The summed E-state index contributed by atoms with van der Waals surface area (Å²) >= 11 is 0. The number of amides is 1. The van der Waals surface area contributed by atoms with Crippen LogP contribution in [0.4, 0.5) is 0 Å². The van der Waals surface area contributed by atoms with Crippen molar-refractivity contribution in [2.24, 2.45) is 5.92 Å². The van der Waals surface area contributed by atoms with Gasteiger partial charge in [0.2, 0.25) is 5.91 Å². The van der Waals surface area contributed by atoms with Crippen molar-refractivity contribution >= 4 is 5.91 Å². The zero-order valence-corrected chi connectivity index (χ0v) is 7.10. The lowest BCUT2D eigenvalue weighted by molar-refractivity contribution is -0.169. The predicted octanol–water partition coefficient (Wildman–Crippen LogP) is 1.35. The Balaban J connectivity index is 2.53. The fraction of sp³-hybridized carbons (Fsp3) is 0.444. The molecular formula is C9H13NO2. The van der Waals surface area contributed by atoms with E-state index >= 15 is 0 Å². The van der Waals surface area contributed by atoms with E-state index in [4.69, 9.17) is 0 Å². The summed E-state index contributed by atoms with van der Waals surface area (Å²) in [5, 5.41) is 10.0. The summed E-state index contributed by atoms with van der Waals surface area (Å²) in [4.78, 5) is 10.7. The molecule has 0 spiro atoms. The van der Waals surface area contributed by atoms with Crippen molar-refractivity contribution in [3.05, 3.63) is 24.8 Å². The molecule has 0 unspecified atom stereocenters. The standard InChI is InChI=1S/C9H13NO2/c1-3-8-4-5-9(6-8)10(12)7(2)11/h3-5,8-9,12H,1,6H2,2H3/t8-,9+/m1/s1. The molecule has 0 aromatic carbocycles. The van der Waals surface area contributed by atoms with Gasteiger partial charge < -0.3 is 0 Å². The fourth-order valence-electron chi connectivity index (χ4n) is 1.30. The van der Waals surface area contributed by atoms with Gasteiger partial charge in [0.25, 0.3) is 0 Å². The number of allylic oxidation sites excluding steroid dienone is 2. The molecule has 1 amide bonds. The summed E-state index contributed by atoms with van der Waals surface area (Å²) in [5.41, 5.74) is 0. The molecule has 0 heterocycles. The molecule has 1 aliphatic carbocycles. The Morgan fingerprint density at radius 3 is 2.83 bits per heavy atom. The number of nitrogens with zero attached hydrogens (tertiary/aromatic N) is 1. The number of rotatable bonds is 2. The maximum atomic E-state index is 10.7. The number of hydrogen-bond donors (Lipinski definition) is 1. The van der Waals surface area contributed by atoms with Gasteiger partial charge in [-0.2, -0.15) is 0 Å². The highest BCUT2D eigenvalue weighted by atomic mass is 16.5. The van der Waals surface area contributed by atoms with Crippen LogP contribution in [0, 0.1) is 5.92 Å². The Bertz CT molecular complexity index is 223. The number of carbonyl (C=O) groups excluding carboxylic acids is 1. The second-order valence-corrected chi connectivity index (χ2v) is 2.95. The van der Waals surface area contributed by atoms with Crippen LogP contribution >= 0.6 is 0 Å². The number of hydroxylamine groups is 2. The topological polar surface area (TPSA) is 40.5 Å². The van der Waals surface area contributed by atoms with E-state index < -0.39 is 0 Å². The van der Waals surface area contributed by atoms with E-state index in [1.165, 1.54) is 6.92 Å². The monoisotopic (exact) mass is 167 g/mol. The van der Waals surface area contributed by atoms with Crippen LogP contribution < -0.4 is 0 Å². The van der Waals surface area contributed by atoms with Crippen LogP contribution in [-0.4, -0.2) is 22.2 Å². The van der Waals surface area contributed by atoms with E-state index in [1.807, 2.05) is 18.2 Å².